The summed E-state index contributed by atoms with van der Waals surface area (Å²) in [4.78, 5) is 2.23. The zero-order chi connectivity index (χ0) is 18.4. The molecule has 0 saturated heterocycles. The second-order valence-corrected chi connectivity index (χ2v) is 7.39. The molecule has 132 valence electrons. The van der Waals surface area contributed by atoms with Gasteiger partial charge in [-0.1, -0.05) is 66.7 Å². The second-order valence-electron chi connectivity index (χ2n) is 5.69. The molecule has 0 amide bonds. The quantitative estimate of drug-likeness (QED) is 0.529. The Bertz CT molecular complexity index is 1000. The normalized spacial score (nSPS) is 11.6. The first-order valence-corrected chi connectivity index (χ1v) is 9.60. The van der Waals surface area contributed by atoms with Crippen LogP contribution in [0.3, 0.4) is 0 Å². The van der Waals surface area contributed by atoms with Gasteiger partial charge in [0.1, 0.15) is 5.82 Å². The van der Waals surface area contributed by atoms with Crippen LogP contribution in [-0.2, 0) is 15.8 Å². The van der Waals surface area contributed by atoms with Crippen molar-refractivity contribution in [2.45, 2.75) is 5.75 Å². The molecule has 0 atom stereocenters. The molecule has 3 aromatic carbocycles. The summed E-state index contributed by atoms with van der Waals surface area (Å²) in [6.07, 6.45) is 1.45. The van der Waals surface area contributed by atoms with E-state index in [-0.39, 0.29) is 11.6 Å². The fraction of sp³-hybridized carbons (Fsp3) is 0.0500. The van der Waals surface area contributed by atoms with Gasteiger partial charge in [0.15, 0.2) is 0 Å². The van der Waals surface area contributed by atoms with Gasteiger partial charge < -0.3 is 0 Å². The summed E-state index contributed by atoms with van der Waals surface area (Å²) < 4.78 is 37.3. The Morgan fingerprint density at radius 2 is 1.54 bits per heavy atom. The number of rotatable bonds is 6. The summed E-state index contributed by atoms with van der Waals surface area (Å²) in [6, 6.07) is 22.3. The van der Waals surface area contributed by atoms with E-state index in [1.54, 1.807) is 36.4 Å². The average Bonchev–Trinajstić information content (AvgIpc) is 2.63. The molecule has 0 fully saturated rings. The molecule has 1 N–H and O–H groups in total. The van der Waals surface area contributed by atoms with Crippen LogP contribution in [0.5, 0.6) is 0 Å². The molecule has 0 radical (unpaired) electrons. The molecule has 0 heterocycles. The molecule has 3 aromatic rings. The largest absolute Gasteiger partial charge is 0.251 e. The minimum absolute atomic E-state index is 0.148. The first-order chi connectivity index (χ1) is 12.5. The molecular weight excluding hydrogens is 351 g/mol. The van der Waals surface area contributed by atoms with E-state index in [4.69, 9.17) is 0 Å². The highest BCUT2D eigenvalue weighted by Crippen LogP contribution is 2.22. The maximum atomic E-state index is 13.1. The lowest BCUT2D eigenvalue weighted by Crippen LogP contribution is -2.20. The maximum absolute atomic E-state index is 13.1. The number of benzene rings is 3. The molecule has 0 spiro atoms. The Kier molecular flexibility index (Phi) is 5.43. The van der Waals surface area contributed by atoms with E-state index in [0.29, 0.717) is 5.56 Å². The molecule has 6 heteroatoms. The van der Waals surface area contributed by atoms with Crippen LogP contribution in [0, 0.1) is 5.82 Å². The van der Waals surface area contributed by atoms with Crippen LogP contribution in [0.1, 0.15) is 11.1 Å². The lowest BCUT2D eigenvalue weighted by atomic mass is 10.0. The van der Waals surface area contributed by atoms with E-state index in [1.165, 1.54) is 18.3 Å². The number of hydrazone groups is 1. The van der Waals surface area contributed by atoms with Crippen molar-refractivity contribution in [3.63, 3.8) is 0 Å². The lowest BCUT2D eigenvalue weighted by molar-refractivity contribution is 0.584. The zero-order valence-corrected chi connectivity index (χ0v) is 14.7. The Balaban J connectivity index is 1.76. The summed E-state index contributed by atoms with van der Waals surface area (Å²) in [5, 5.41) is 3.88. The molecule has 3 rings (SSSR count). The van der Waals surface area contributed by atoms with Gasteiger partial charge in [-0.15, -0.1) is 0 Å². The number of hydrogen-bond acceptors (Lipinski definition) is 3. The van der Waals surface area contributed by atoms with Crippen molar-refractivity contribution >= 4 is 16.2 Å². The molecule has 26 heavy (non-hydrogen) atoms. The molecule has 0 bridgehead atoms. The van der Waals surface area contributed by atoms with Crippen molar-refractivity contribution < 1.29 is 12.8 Å². The fourth-order valence-electron chi connectivity index (χ4n) is 2.50. The van der Waals surface area contributed by atoms with Crippen molar-refractivity contribution in [2.75, 3.05) is 0 Å². The monoisotopic (exact) mass is 368 g/mol. The standard InChI is InChI=1S/C20H17FN2O2S/c21-19-12-10-17(11-13-19)20-9-5-4-8-18(20)14-22-23-26(24,25)15-16-6-2-1-3-7-16/h1-14,23H,15H2. The van der Waals surface area contributed by atoms with Gasteiger partial charge >= 0.3 is 0 Å². The molecule has 4 nitrogen and oxygen atoms in total. The highest BCUT2D eigenvalue weighted by atomic mass is 32.2. The van der Waals surface area contributed by atoms with Gasteiger partial charge in [0.25, 0.3) is 10.0 Å². The zero-order valence-electron chi connectivity index (χ0n) is 13.8. The van der Waals surface area contributed by atoms with Gasteiger partial charge in [0.05, 0.1) is 12.0 Å². The van der Waals surface area contributed by atoms with Gasteiger partial charge in [0, 0.05) is 5.56 Å². The van der Waals surface area contributed by atoms with Crippen LogP contribution in [0.25, 0.3) is 11.1 Å². The minimum Gasteiger partial charge on any atom is -0.207 e. The minimum atomic E-state index is -3.59. The van der Waals surface area contributed by atoms with Crippen LogP contribution in [0.15, 0.2) is 84.0 Å². The van der Waals surface area contributed by atoms with E-state index in [0.717, 1.165) is 16.7 Å². The number of sulfonamides is 1. The van der Waals surface area contributed by atoms with Crippen molar-refractivity contribution in [1.82, 2.24) is 4.83 Å². The van der Waals surface area contributed by atoms with E-state index in [9.17, 15) is 12.8 Å². The van der Waals surface area contributed by atoms with Crippen LogP contribution in [0.2, 0.25) is 0 Å². The Morgan fingerprint density at radius 1 is 0.885 bits per heavy atom. The van der Waals surface area contributed by atoms with Crippen molar-refractivity contribution in [3.05, 3.63) is 95.8 Å². The van der Waals surface area contributed by atoms with Gasteiger partial charge in [-0.25, -0.2) is 17.6 Å². The van der Waals surface area contributed by atoms with E-state index in [2.05, 4.69) is 9.93 Å². The number of halogens is 1. The van der Waals surface area contributed by atoms with Crippen molar-refractivity contribution in [2.24, 2.45) is 5.10 Å². The summed E-state index contributed by atoms with van der Waals surface area (Å²) >= 11 is 0. The summed E-state index contributed by atoms with van der Waals surface area (Å²) in [5.74, 6) is -0.460. The lowest BCUT2D eigenvalue weighted by Gasteiger charge is -2.07. The molecular formula is C20H17FN2O2S. The smallest absolute Gasteiger partial charge is 0.207 e. The fourth-order valence-corrected chi connectivity index (χ4v) is 3.41. The third kappa shape index (κ3) is 4.77. The highest BCUT2D eigenvalue weighted by molar-refractivity contribution is 7.88. The van der Waals surface area contributed by atoms with Crippen LogP contribution in [-0.4, -0.2) is 14.6 Å². The van der Waals surface area contributed by atoms with E-state index >= 15 is 0 Å². The van der Waals surface area contributed by atoms with Crippen molar-refractivity contribution in [1.29, 1.82) is 0 Å². The average molecular weight is 368 g/mol. The third-order valence-corrected chi connectivity index (χ3v) is 4.81. The van der Waals surface area contributed by atoms with Crippen molar-refractivity contribution in [3.8, 4) is 11.1 Å². The SMILES string of the molecule is O=S(=O)(Cc1ccccc1)NN=Cc1ccccc1-c1ccc(F)cc1. The van der Waals surface area contributed by atoms with Gasteiger partial charge in [-0.3, -0.25) is 0 Å². The van der Waals surface area contributed by atoms with Crippen LogP contribution in [0.4, 0.5) is 4.39 Å². The Hall–Kier alpha value is -2.99. The predicted octanol–water partition coefficient (Wildman–Crippen LogP) is 3.95. The number of nitrogens with one attached hydrogen (secondary N) is 1. The number of nitrogens with zero attached hydrogens (tertiary/aromatic N) is 1. The Morgan fingerprint density at radius 3 is 2.27 bits per heavy atom. The summed E-state index contributed by atoms with van der Waals surface area (Å²) in [6.45, 7) is 0. The molecule has 0 aliphatic rings. The first-order valence-electron chi connectivity index (χ1n) is 7.95. The van der Waals surface area contributed by atoms with Gasteiger partial charge in [-0.2, -0.15) is 5.10 Å². The maximum Gasteiger partial charge on any atom is 0.251 e. The van der Waals surface area contributed by atoms with Gasteiger partial charge in [0.2, 0.25) is 0 Å². The van der Waals surface area contributed by atoms with Crippen LogP contribution >= 0.6 is 0 Å². The van der Waals surface area contributed by atoms with Gasteiger partial charge in [-0.05, 0) is 28.8 Å². The molecule has 0 aliphatic carbocycles. The predicted molar refractivity (Wildman–Crippen MR) is 102 cm³/mol. The first kappa shape index (κ1) is 17.8. The summed E-state index contributed by atoms with van der Waals surface area (Å²) in [7, 11) is -3.59. The molecule has 0 aliphatic heterocycles. The highest BCUT2D eigenvalue weighted by Gasteiger charge is 2.09. The molecule has 0 unspecified atom stereocenters. The molecule has 0 aromatic heterocycles. The van der Waals surface area contributed by atoms with Crippen LogP contribution < -0.4 is 4.83 Å². The van der Waals surface area contributed by atoms with E-state index in [1.807, 2.05) is 30.3 Å². The number of hydrogen-bond donors (Lipinski definition) is 1. The second kappa shape index (κ2) is 7.93. The molecule has 0 saturated carbocycles. The third-order valence-electron chi connectivity index (χ3n) is 3.71. The Labute approximate surface area is 152 Å². The van der Waals surface area contributed by atoms with E-state index < -0.39 is 10.0 Å². The topological polar surface area (TPSA) is 58.5 Å². The summed E-state index contributed by atoms with van der Waals surface area (Å²) in [5.41, 5.74) is 3.06.